The van der Waals surface area contributed by atoms with Gasteiger partial charge >= 0.3 is 0 Å². The number of rotatable bonds is 9. The molecule has 1 fully saturated rings. The van der Waals surface area contributed by atoms with Crippen LogP contribution in [0.3, 0.4) is 0 Å². The summed E-state index contributed by atoms with van der Waals surface area (Å²) in [5, 5.41) is 24.8. The lowest BCUT2D eigenvalue weighted by Gasteiger charge is -2.24. The van der Waals surface area contributed by atoms with Crippen molar-refractivity contribution in [3.8, 4) is 5.75 Å². The van der Waals surface area contributed by atoms with Gasteiger partial charge in [-0.15, -0.1) is 10.2 Å². The molecule has 3 N–H and O–H groups in total. The topological polar surface area (TPSA) is 125 Å². The number of ether oxygens (including phenoxy) is 1. The Morgan fingerprint density at radius 1 is 1.24 bits per heavy atom. The Kier molecular flexibility index (Phi) is 7.71. The molecule has 1 unspecified atom stereocenters. The number of methoxy groups -OCH3 is 1. The van der Waals surface area contributed by atoms with Crippen LogP contribution in [0.25, 0.3) is 0 Å². The summed E-state index contributed by atoms with van der Waals surface area (Å²) < 4.78 is 5.21. The summed E-state index contributed by atoms with van der Waals surface area (Å²) in [6.07, 6.45) is 5.07. The number of nitrogens with one attached hydrogen (secondary N) is 2. The van der Waals surface area contributed by atoms with Crippen LogP contribution in [0.1, 0.15) is 34.7 Å². The number of hydrogen-bond donors (Lipinski definition) is 3. The molecule has 11 heteroatoms. The largest absolute Gasteiger partial charge is 0.495 e. The Morgan fingerprint density at radius 2 is 2.06 bits per heavy atom. The van der Waals surface area contributed by atoms with Gasteiger partial charge in [-0.1, -0.05) is 17.7 Å². The number of aliphatic hydroxyl groups excluding tert-OH is 1. The van der Waals surface area contributed by atoms with Crippen molar-refractivity contribution in [1.29, 1.82) is 0 Å². The van der Waals surface area contributed by atoms with Crippen molar-refractivity contribution in [2.45, 2.75) is 32.0 Å². The zero-order chi connectivity index (χ0) is 23.9. The Balaban J connectivity index is 1.56. The maximum absolute atomic E-state index is 12.9. The molecule has 1 aliphatic rings. The molecule has 0 spiro atoms. The van der Waals surface area contributed by atoms with Crippen molar-refractivity contribution < 1.29 is 14.6 Å². The van der Waals surface area contributed by atoms with Gasteiger partial charge in [0, 0.05) is 31.5 Å². The summed E-state index contributed by atoms with van der Waals surface area (Å²) in [6, 6.07) is 8.97. The minimum absolute atomic E-state index is 0.0162. The summed E-state index contributed by atoms with van der Waals surface area (Å²) in [4.78, 5) is 23.2. The molecular formula is C23H26ClN7O3. The lowest BCUT2D eigenvalue weighted by atomic mass is 10.2. The number of nitrogens with zero attached hydrogens (tertiary/aromatic N) is 5. The van der Waals surface area contributed by atoms with Crippen molar-refractivity contribution >= 4 is 29.0 Å². The average molecular weight is 484 g/mol. The maximum atomic E-state index is 12.9. The summed E-state index contributed by atoms with van der Waals surface area (Å²) in [5.74, 6) is 1.29. The zero-order valence-corrected chi connectivity index (χ0v) is 19.5. The number of benzene rings is 1. The van der Waals surface area contributed by atoms with Crippen LogP contribution in [-0.2, 0) is 13.1 Å². The maximum Gasteiger partial charge on any atom is 0.274 e. The van der Waals surface area contributed by atoms with E-state index in [0.29, 0.717) is 34.6 Å². The van der Waals surface area contributed by atoms with Crippen molar-refractivity contribution in [2.75, 3.05) is 30.5 Å². The number of carbonyl (C=O) groups excluding carboxylic acids is 1. The number of hydrogen-bond acceptors (Lipinski definition) is 9. The Hall–Kier alpha value is -3.50. The molecule has 2 aromatic heterocycles. The van der Waals surface area contributed by atoms with Gasteiger partial charge in [-0.3, -0.25) is 4.79 Å². The molecule has 1 aromatic carbocycles. The predicted molar refractivity (Wildman–Crippen MR) is 128 cm³/mol. The summed E-state index contributed by atoms with van der Waals surface area (Å²) in [7, 11) is 1.56. The number of anilines is 2. The molecule has 1 amide bonds. The smallest absolute Gasteiger partial charge is 0.274 e. The number of carbonyl (C=O) groups is 1. The molecule has 1 atom stereocenters. The van der Waals surface area contributed by atoms with Crippen molar-refractivity contribution in [2.24, 2.45) is 0 Å². The highest BCUT2D eigenvalue weighted by molar-refractivity contribution is 6.32. The number of aliphatic hydroxyl groups is 1. The first-order valence-electron chi connectivity index (χ1n) is 10.9. The number of halogens is 1. The molecule has 3 heterocycles. The van der Waals surface area contributed by atoms with E-state index in [1.807, 2.05) is 11.0 Å². The minimum Gasteiger partial charge on any atom is -0.495 e. The van der Waals surface area contributed by atoms with E-state index in [1.165, 1.54) is 0 Å². The van der Waals surface area contributed by atoms with Gasteiger partial charge in [0.15, 0.2) is 11.5 Å². The molecule has 34 heavy (non-hydrogen) atoms. The normalized spacial score (nSPS) is 15.3. The van der Waals surface area contributed by atoms with E-state index in [0.717, 1.165) is 24.9 Å². The monoisotopic (exact) mass is 483 g/mol. The second-order valence-electron chi connectivity index (χ2n) is 7.81. The standard InChI is InChI=1S/C23H26ClN7O3/c1-34-19-6-5-15(10-17(19)24)12-27-18-11-21(31-9-2-4-16(31)14-32)29-30-22(18)23(33)28-13-20-25-7-3-8-26-20/h3,5-8,10-11,16,32H,2,4,9,12-14H2,1H3,(H,27,29)(H,28,33). The van der Waals surface area contributed by atoms with Crippen LogP contribution in [0.5, 0.6) is 5.75 Å². The highest BCUT2D eigenvalue weighted by Crippen LogP contribution is 2.28. The molecule has 0 aliphatic carbocycles. The van der Waals surface area contributed by atoms with Gasteiger partial charge in [0.25, 0.3) is 5.91 Å². The second-order valence-corrected chi connectivity index (χ2v) is 8.21. The molecule has 178 valence electrons. The van der Waals surface area contributed by atoms with Crippen molar-refractivity contribution in [1.82, 2.24) is 25.5 Å². The van der Waals surface area contributed by atoms with Gasteiger partial charge in [-0.2, -0.15) is 0 Å². The first-order chi connectivity index (χ1) is 16.6. The van der Waals surface area contributed by atoms with Gasteiger partial charge in [0.05, 0.1) is 37.0 Å². The molecule has 1 saturated heterocycles. The van der Waals surface area contributed by atoms with Crippen LogP contribution < -0.4 is 20.3 Å². The average Bonchev–Trinajstić information content (AvgIpc) is 3.35. The van der Waals surface area contributed by atoms with Crippen LogP contribution in [0.2, 0.25) is 5.02 Å². The number of amides is 1. The lowest BCUT2D eigenvalue weighted by Crippen LogP contribution is -2.33. The van der Waals surface area contributed by atoms with Gasteiger partial charge < -0.3 is 25.4 Å². The fourth-order valence-corrected chi connectivity index (χ4v) is 4.11. The third kappa shape index (κ3) is 5.52. The summed E-state index contributed by atoms with van der Waals surface area (Å²) >= 11 is 6.25. The van der Waals surface area contributed by atoms with E-state index < -0.39 is 5.91 Å². The molecule has 3 aromatic rings. The fraction of sp³-hybridized carbons (Fsp3) is 0.348. The molecule has 0 radical (unpaired) electrons. The quantitative estimate of drug-likeness (QED) is 0.420. The third-order valence-electron chi connectivity index (χ3n) is 5.60. The summed E-state index contributed by atoms with van der Waals surface area (Å²) in [6.45, 7) is 1.37. The van der Waals surface area contributed by atoms with Gasteiger partial charge in [-0.25, -0.2) is 9.97 Å². The lowest BCUT2D eigenvalue weighted by molar-refractivity contribution is 0.0944. The van der Waals surface area contributed by atoms with Gasteiger partial charge in [0.2, 0.25) is 0 Å². The van der Waals surface area contributed by atoms with E-state index in [2.05, 4.69) is 30.8 Å². The second kappa shape index (κ2) is 11.1. The zero-order valence-electron chi connectivity index (χ0n) is 18.7. The van der Waals surface area contributed by atoms with Crippen LogP contribution >= 0.6 is 11.6 Å². The first-order valence-corrected chi connectivity index (χ1v) is 11.3. The number of aromatic nitrogens is 4. The molecular weight excluding hydrogens is 458 g/mol. The van der Waals surface area contributed by atoms with Gasteiger partial charge in [0.1, 0.15) is 11.6 Å². The van der Waals surface area contributed by atoms with Crippen molar-refractivity contribution in [3.63, 3.8) is 0 Å². The van der Waals surface area contributed by atoms with Gasteiger partial charge in [-0.05, 0) is 36.6 Å². The first kappa shape index (κ1) is 23.7. The van der Waals surface area contributed by atoms with E-state index in [4.69, 9.17) is 16.3 Å². The molecule has 0 bridgehead atoms. The Morgan fingerprint density at radius 3 is 2.79 bits per heavy atom. The van der Waals surface area contributed by atoms with Crippen molar-refractivity contribution in [3.05, 3.63) is 64.8 Å². The molecule has 10 nitrogen and oxygen atoms in total. The third-order valence-corrected chi connectivity index (χ3v) is 5.90. The fourth-order valence-electron chi connectivity index (χ4n) is 3.83. The molecule has 4 rings (SSSR count). The minimum atomic E-state index is -0.401. The molecule has 0 saturated carbocycles. The highest BCUT2D eigenvalue weighted by Gasteiger charge is 2.27. The Labute approximate surface area is 202 Å². The molecule has 1 aliphatic heterocycles. The SMILES string of the molecule is COc1ccc(CNc2cc(N3CCCC3CO)nnc2C(=O)NCc2ncccn2)cc1Cl. The predicted octanol–water partition coefficient (Wildman–Crippen LogP) is 2.43. The summed E-state index contributed by atoms with van der Waals surface area (Å²) in [5.41, 5.74) is 1.58. The van der Waals surface area contributed by atoms with E-state index in [1.54, 1.807) is 43.8 Å². The Bertz CT molecular complexity index is 1130. The van der Waals surface area contributed by atoms with E-state index in [9.17, 15) is 9.90 Å². The van der Waals surface area contributed by atoms with Crippen LogP contribution in [0.15, 0.2) is 42.7 Å². The van der Waals surface area contributed by atoms with E-state index in [-0.39, 0.29) is 24.9 Å². The van der Waals surface area contributed by atoms with E-state index >= 15 is 0 Å². The van der Waals surface area contributed by atoms with Crippen LogP contribution in [-0.4, -0.2) is 57.5 Å². The van der Waals surface area contributed by atoms with Crippen LogP contribution in [0.4, 0.5) is 11.5 Å². The highest BCUT2D eigenvalue weighted by atomic mass is 35.5. The van der Waals surface area contributed by atoms with Crippen LogP contribution in [0, 0.1) is 0 Å².